The molecule has 0 aliphatic carbocycles. The zero-order valence-corrected chi connectivity index (χ0v) is 14.3. The van der Waals surface area contributed by atoms with Crippen molar-refractivity contribution in [2.45, 2.75) is 39.8 Å². The van der Waals surface area contributed by atoms with Crippen molar-refractivity contribution in [3.8, 4) is 5.88 Å². The van der Waals surface area contributed by atoms with Gasteiger partial charge in [0, 0.05) is 32.4 Å². The number of hydrogen-bond acceptors (Lipinski definition) is 4. The van der Waals surface area contributed by atoms with Gasteiger partial charge in [0.1, 0.15) is 5.60 Å². The Kier molecular flexibility index (Phi) is 6.36. The molecule has 0 fully saturated rings. The summed E-state index contributed by atoms with van der Waals surface area (Å²) in [6, 6.07) is 3.25. The van der Waals surface area contributed by atoms with Gasteiger partial charge in [0.2, 0.25) is 5.88 Å². The third kappa shape index (κ3) is 6.99. The Balaban J connectivity index is 2.48. The number of pyridine rings is 1. The second-order valence-electron chi connectivity index (χ2n) is 6.50. The smallest absolute Gasteiger partial charge is 0.317 e. The highest BCUT2D eigenvalue weighted by atomic mass is 16.5. The molecule has 23 heavy (non-hydrogen) atoms. The summed E-state index contributed by atoms with van der Waals surface area (Å²) < 4.78 is 5.62. The molecule has 1 heterocycles. The molecular formula is C16H25N3O4. The average molecular weight is 323 g/mol. The zero-order valence-electron chi connectivity index (χ0n) is 14.3. The van der Waals surface area contributed by atoms with Crippen molar-refractivity contribution < 1.29 is 19.4 Å². The molecule has 1 unspecified atom stereocenters. The summed E-state index contributed by atoms with van der Waals surface area (Å²) in [7, 11) is 1.56. The lowest BCUT2D eigenvalue weighted by Gasteiger charge is -2.21. The molecule has 7 heteroatoms. The van der Waals surface area contributed by atoms with Gasteiger partial charge in [0.05, 0.1) is 5.92 Å². The van der Waals surface area contributed by atoms with Crippen LogP contribution in [0, 0.1) is 5.92 Å². The fourth-order valence-electron chi connectivity index (χ4n) is 1.77. The average Bonchev–Trinajstić information content (AvgIpc) is 2.44. The highest BCUT2D eigenvalue weighted by Gasteiger charge is 2.17. The molecule has 2 N–H and O–H groups in total. The highest BCUT2D eigenvalue weighted by Crippen LogP contribution is 2.15. The molecule has 128 valence electrons. The standard InChI is InChI=1S/C16H25N3O4/c1-11(14(20)21)10-19(5)15(22)18-9-12-6-7-13(17-8-12)23-16(2,3)4/h6-8,11H,9-10H2,1-5H3,(H,18,22)(H,20,21). The van der Waals surface area contributed by atoms with E-state index in [1.54, 1.807) is 26.2 Å². The normalized spacial score (nSPS) is 12.4. The maximum atomic E-state index is 11.9. The minimum absolute atomic E-state index is 0.151. The van der Waals surface area contributed by atoms with Gasteiger partial charge in [-0.3, -0.25) is 4.79 Å². The van der Waals surface area contributed by atoms with Crippen LogP contribution < -0.4 is 10.1 Å². The fourth-order valence-corrected chi connectivity index (χ4v) is 1.77. The third-order valence-corrected chi connectivity index (χ3v) is 2.97. The number of carboxylic acids is 1. The number of rotatable bonds is 6. The SMILES string of the molecule is CC(CN(C)C(=O)NCc1ccc(OC(C)(C)C)nc1)C(=O)O. The van der Waals surface area contributed by atoms with Crippen LogP contribution in [0.1, 0.15) is 33.3 Å². The number of aliphatic carboxylic acids is 1. The molecule has 0 saturated heterocycles. The van der Waals surface area contributed by atoms with Crippen LogP contribution in [0.15, 0.2) is 18.3 Å². The van der Waals surface area contributed by atoms with Gasteiger partial charge in [-0.25, -0.2) is 9.78 Å². The van der Waals surface area contributed by atoms with Gasteiger partial charge in [-0.1, -0.05) is 13.0 Å². The van der Waals surface area contributed by atoms with Gasteiger partial charge in [0.25, 0.3) is 0 Å². The lowest BCUT2D eigenvalue weighted by Crippen LogP contribution is -2.40. The molecular weight excluding hydrogens is 298 g/mol. The second-order valence-corrected chi connectivity index (χ2v) is 6.50. The van der Waals surface area contributed by atoms with E-state index in [1.807, 2.05) is 26.8 Å². The number of nitrogens with one attached hydrogen (secondary N) is 1. The van der Waals surface area contributed by atoms with E-state index in [-0.39, 0.29) is 18.2 Å². The minimum Gasteiger partial charge on any atom is -0.481 e. The van der Waals surface area contributed by atoms with Crippen LogP contribution in [0.5, 0.6) is 5.88 Å². The molecule has 1 aromatic rings. The molecule has 1 atom stereocenters. The number of carbonyl (C=O) groups excluding carboxylic acids is 1. The van der Waals surface area contributed by atoms with Gasteiger partial charge in [-0.15, -0.1) is 0 Å². The monoisotopic (exact) mass is 323 g/mol. The Hall–Kier alpha value is -2.31. The molecule has 7 nitrogen and oxygen atoms in total. The number of amides is 2. The van der Waals surface area contributed by atoms with Gasteiger partial charge in [-0.05, 0) is 26.3 Å². The number of urea groups is 1. The summed E-state index contributed by atoms with van der Waals surface area (Å²) in [5.74, 6) is -1.01. The molecule has 0 saturated carbocycles. The predicted molar refractivity (Wildman–Crippen MR) is 86.3 cm³/mol. The summed E-state index contributed by atoms with van der Waals surface area (Å²) >= 11 is 0. The van der Waals surface area contributed by atoms with E-state index in [9.17, 15) is 9.59 Å². The number of carboxylic acid groups (broad SMARTS) is 1. The number of ether oxygens (including phenoxy) is 1. The molecule has 0 radical (unpaired) electrons. The number of nitrogens with zero attached hydrogens (tertiary/aromatic N) is 2. The summed E-state index contributed by atoms with van der Waals surface area (Å²) in [5.41, 5.74) is 0.519. The Bertz CT molecular complexity index is 537. The molecule has 0 aliphatic heterocycles. The summed E-state index contributed by atoms with van der Waals surface area (Å²) in [6.07, 6.45) is 1.64. The summed E-state index contributed by atoms with van der Waals surface area (Å²) in [6.45, 7) is 7.85. The molecule has 0 aliphatic rings. The maximum absolute atomic E-state index is 11.9. The van der Waals surface area contributed by atoms with E-state index in [4.69, 9.17) is 9.84 Å². The fraction of sp³-hybridized carbons (Fsp3) is 0.562. The topological polar surface area (TPSA) is 91.8 Å². The first-order valence-electron chi connectivity index (χ1n) is 7.44. The van der Waals surface area contributed by atoms with Crippen molar-refractivity contribution in [1.29, 1.82) is 0 Å². The van der Waals surface area contributed by atoms with Crippen molar-refractivity contribution in [2.24, 2.45) is 5.92 Å². The zero-order chi connectivity index (χ0) is 17.6. The molecule has 2 amide bonds. The van der Waals surface area contributed by atoms with Gasteiger partial charge < -0.3 is 20.1 Å². The van der Waals surface area contributed by atoms with Crippen LogP contribution in [0.25, 0.3) is 0 Å². The summed E-state index contributed by atoms with van der Waals surface area (Å²) in [5, 5.41) is 11.6. The molecule has 1 aromatic heterocycles. The molecule has 0 spiro atoms. The molecule has 0 aromatic carbocycles. The van der Waals surface area contributed by atoms with Crippen LogP contribution in [-0.2, 0) is 11.3 Å². The van der Waals surface area contributed by atoms with E-state index in [0.717, 1.165) is 5.56 Å². The number of hydrogen-bond donors (Lipinski definition) is 2. The highest BCUT2D eigenvalue weighted by molar-refractivity contribution is 5.75. The van der Waals surface area contributed by atoms with E-state index in [0.29, 0.717) is 12.4 Å². The lowest BCUT2D eigenvalue weighted by molar-refractivity contribution is -0.141. The van der Waals surface area contributed by atoms with E-state index in [2.05, 4.69) is 10.3 Å². The number of carbonyl (C=O) groups is 2. The van der Waals surface area contributed by atoms with Crippen LogP contribution in [0.4, 0.5) is 4.79 Å². The van der Waals surface area contributed by atoms with Gasteiger partial charge in [-0.2, -0.15) is 0 Å². The van der Waals surface area contributed by atoms with Gasteiger partial charge in [0.15, 0.2) is 0 Å². The van der Waals surface area contributed by atoms with Crippen LogP contribution in [0.2, 0.25) is 0 Å². The maximum Gasteiger partial charge on any atom is 0.317 e. The summed E-state index contributed by atoms with van der Waals surface area (Å²) in [4.78, 5) is 28.2. The first kappa shape index (κ1) is 18.7. The van der Waals surface area contributed by atoms with Crippen molar-refractivity contribution in [3.63, 3.8) is 0 Å². The third-order valence-electron chi connectivity index (χ3n) is 2.97. The number of aromatic nitrogens is 1. The predicted octanol–water partition coefficient (Wildman–Crippen LogP) is 2.12. The molecule has 0 bridgehead atoms. The molecule has 1 rings (SSSR count). The minimum atomic E-state index is -0.928. The first-order valence-corrected chi connectivity index (χ1v) is 7.44. The lowest BCUT2D eigenvalue weighted by atomic mass is 10.2. The Morgan fingerprint density at radius 1 is 1.39 bits per heavy atom. The Labute approximate surface area is 136 Å². The van der Waals surface area contributed by atoms with Crippen molar-refractivity contribution in [1.82, 2.24) is 15.2 Å². The van der Waals surface area contributed by atoms with Crippen LogP contribution in [-0.4, -0.2) is 46.2 Å². The largest absolute Gasteiger partial charge is 0.481 e. The van der Waals surface area contributed by atoms with E-state index >= 15 is 0 Å². The Morgan fingerprint density at radius 2 is 2.04 bits per heavy atom. The van der Waals surface area contributed by atoms with E-state index < -0.39 is 11.9 Å². The van der Waals surface area contributed by atoms with Crippen LogP contribution in [0.3, 0.4) is 0 Å². The Morgan fingerprint density at radius 3 is 2.52 bits per heavy atom. The van der Waals surface area contributed by atoms with Crippen molar-refractivity contribution in [2.75, 3.05) is 13.6 Å². The van der Waals surface area contributed by atoms with Crippen molar-refractivity contribution in [3.05, 3.63) is 23.9 Å². The van der Waals surface area contributed by atoms with E-state index in [1.165, 1.54) is 4.90 Å². The van der Waals surface area contributed by atoms with Gasteiger partial charge >= 0.3 is 12.0 Å². The first-order chi connectivity index (χ1) is 10.6. The van der Waals surface area contributed by atoms with Crippen molar-refractivity contribution >= 4 is 12.0 Å². The second kappa shape index (κ2) is 7.80. The van der Waals surface area contributed by atoms with Crippen LogP contribution >= 0.6 is 0 Å². The quantitative estimate of drug-likeness (QED) is 0.836.